The number of aliphatic hydroxyl groups excluding tert-OH is 2. The van der Waals surface area contributed by atoms with Crippen LogP contribution >= 0.6 is 0 Å². The van der Waals surface area contributed by atoms with Gasteiger partial charge in [-0.2, -0.15) is 0 Å². The van der Waals surface area contributed by atoms with E-state index in [0.29, 0.717) is 18.5 Å². The molecule has 41 heavy (non-hydrogen) atoms. The smallest absolute Gasteiger partial charge is 0.326 e. The van der Waals surface area contributed by atoms with Gasteiger partial charge in [0, 0.05) is 18.3 Å². The fraction of sp³-hybridized carbons (Fsp3) is 0.609. The molecule has 4 amide bonds. The number of aromatic nitrogens is 2. The van der Waals surface area contributed by atoms with E-state index in [2.05, 4.69) is 31.2 Å². The summed E-state index contributed by atoms with van der Waals surface area (Å²) in [5, 5.41) is 46.9. The van der Waals surface area contributed by atoms with Crippen LogP contribution in [-0.4, -0.2) is 115 Å². The Kier molecular flexibility index (Phi) is 14.9. The number of aliphatic hydroxyl groups is 2. The van der Waals surface area contributed by atoms with Crippen molar-refractivity contribution < 1.29 is 49.2 Å². The number of carboxylic acid groups (broad SMARTS) is 2. The molecule has 0 unspecified atom stereocenters. The number of amides is 4. The predicted octanol–water partition coefficient (Wildman–Crippen LogP) is -4.72. The molecule has 0 aliphatic heterocycles. The van der Waals surface area contributed by atoms with E-state index in [1.165, 1.54) is 12.5 Å². The highest BCUT2D eigenvalue weighted by Gasteiger charge is 2.34. The van der Waals surface area contributed by atoms with E-state index < -0.39 is 84.9 Å². The number of unbranched alkanes of at least 4 members (excludes halogenated alkanes) is 1. The largest absolute Gasteiger partial charge is 0.481 e. The standard InChI is InChI=1S/C23H38N8O10/c1-11(33)18(22(39)30-16(23(40)41)6-12-8-26-10-27-12)31-21(38)15(7-17(34)35)29-20(37)14(4-2-3-5-24)28-19(36)13(25)9-32/h8,10-11,13-16,18,32-33H,2-7,9,24-25H2,1H3,(H,26,27)(H,28,36)(H,29,37)(H,30,39)(H,31,38)(H,34,35)(H,40,41)/t11-,13+,14+,15+,16+,18+/m1/s1. The monoisotopic (exact) mass is 586 g/mol. The Hall–Kier alpha value is -4.13. The van der Waals surface area contributed by atoms with Crippen LogP contribution in [0.25, 0.3) is 0 Å². The quantitative estimate of drug-likeness (QED) is 0.0679. The Morgan fingerprint density at radius 3 is 2.05 bits per heavy atom. The second-order valence-corrected chi connectivity index (χ2v) is 9.20. The minimum atomic E-state index is -1.77. The number of carbonyl (C=O) groups excluding carboxylic acids is 4. The first-order valence-corrected chi connectivity index (χ1v) is 12.7. The van der Waals surface area contributed by atoms with E-state index >= 15 is 0 Å². The maximum atomic E-state index is 13.0. The van der Waals surface area contributed by atoms with Gasteiger partial charge in [-0.05, 0) is 32.7 Å². The summed E-state index contributed by atoms with van der Waals surface area (Å²) in [6, 6.07) is -7.59. The summed E-state index contributed by atoms with van der Waals surface area (Å²) in [4.78, 5) is 80.5. The van der Waals surface area contributed by atoms with Crippen molar-refractivity contribution >= 4 is 35.6 Å². The maximum Gasteiger partial charge on any atom is 0.326 e. The van der Waals surface area contributed by atoms with Crippen LogP contribution in [0.15, 0.2) is 12.5 Å². The molecule has 1 heterocycles. The zero-order valence-electron chi connectivity index (χ0n) is 22.4. The van der Waals surface area contributed by atoms with Crippen LogP contribution in [0.3, 0.4) is 0 Å². The van der Waals surface area contributed by atoms with Crippen molar-refractivity contribution in [2.75, 3.05) is 13.2 Å². The summed E-state index contributed by atoms with van der Waals surface area (Å²) >= 11 is 0. The van der Waals surface area contributed by atoms with E-state index in [1.54, 1.807) is 0 Å². The van der Waals surface area contributed by atoms with Gasteiger partial charge in [0.1, 0.15) is 30.2 Å². The Labute approximate surface area is 234 Å². The van der Waals surface area contributed by atoms with Crippen LogP contribution in [0.4, 0.5) is 0 Å². The minimum absolute atomic E-state index is 0.0416. The molecule has 18 nitrogen and oxygen atoms in total. The number of nitrogens with two attached hydrogens (primary N) is 2. The number of nitrogens with zero attached hydrogens (tertiary/aromatic N) is 1. The normalized spacial score (nSPS) is 15.3. The van der Waals surface area contributed by atoms with Crippen LogP contribution in [0.1, 0.15) is 38.3 Å². The highest BCUT2D eigenvalue weighted by molar-refractivity contribution is 5.97. The lowest BCUT2D eigenvalue weighted by atomic mass is 10.1. The topological polar surface area (TPSA) is 312 Å². The lowest BCUT2D eigenvalue weighted by molar-refractivity contribution is -0.144. The second kappa shape index (κ2) is 17.5. The van der Waals surface area contributed by atoms with Gasteiger partial charge in [0.05, 0.1) is 25.5 Å². The van der Waals surface area contributed by atoms with Gasteiger partial charge in [-0.15, -0.1) is 0 Å². The first-order valence-electron chi connectivity index (χ1n) is 12.7. The van der Waals surface area contributed by atoms with Crippen molar-refractivity contribution in [2.24, 2.45) is 11.5 Å². The number of imidazole rings is 1. The van der Waals surface area contributed by atoms with Crippen LogP contribution in [0, 0.1) is 0 Å². The van der Waals surface area contributed by atoms with Gasteiger partial charge in [0.25, 0.3) is 0 Å². The van der Waals surface area contributed by atoms with Crippen molar-refractivity contribution in [3.8, 4) is 0 Å². The van der Waals surface area contributed by atoms with Crippen molar-refractivity contribution in [1.82, 2.24) is 31.2 Å². The number of hydrogen-bond donors (Lipinski definition) is 11. The summed E-state index contributed by atoms with van der Waals surface area (Å²) in [5.74, 6) is -7.01. The van der Waals surface area contributed by atoms with E-state index in [9.17, 15) is 44.1 Å². The van der Waals surface area contributed by atoms with Crippen LogP contribution in [0.2, 0.25) is 0 Å². The first kappa shape index (κ1) is 34.9. The van der Waals surface area contributed by atoms with Crippen LogP contribution in [0.5, 0.6) is 0 Å². The van der Waals surface area contributed by atoms with Crippen molar-refractivity contribution in [1.29, 1.82) is 0 Å². The van der Waals surface area contributed by atoms with Gasteiger partial charge in [0.2, 0.25) is 23.6 Å². The number of nitrogens with one attached hydrogen (secondary N) is 5. The van der Waals surface area contributed by atoms with Gasteiger partial charge < -0.3 is 58.1 Å². The molecular formula is C23H38N8O10. The highest BCUT2D eigenvalue weighted by Crippen LogP contribution is 2.06. The van der Waals surface area contributed by atoms with Crippen molar-refractivity contribution in [3.63, 3.8) is 0 Å². The molecule has 13 N–H and O–H groups in total. The van der Waals surface area contributed by atoms with E-state index in [1.807, 2.05) is 0 Å². The van der Waals surface area contributed by atoms with Gasteiger partial charge >= 0.3 is 11.9 Å². The molecule has 6 atom stereocenters. The summed E-state index contributed by atoms with van der Waals surface area (Å²) < 4.78 is 0. The average Bonchev–Trinajstić information content (AvgIpc) is 3.42. The van der Waals surface area contributed by atoms with Gasteiger partial charge in [0.15, 0.2) is 0 Å². The zero-order valence-corrected chi connectivity index (χ0v) is 22.4. The zero-order chi connectivity index (χ0) is 31.1. The van der Waals surface area contributed by atoms with Gasteiger partial charge in [-0.1, -0.05) is 0 Å². The Morgan fingerprint density at radius 2 is 1.54 bits per heavy atom. The lowest BCUT2D eigenvalue weighted by Gasteiger charge is -2.27. The molecule has 0 saturated carbocycles. The average molecular weight is 587 g/mol. The number of H-pyrrole nitrogens is 1. The third-order valence-electron chi connectivity index (χ3n) is 5.78. The molecule has 1 aromatic heterocycles. The third kappa shape index (κ3) is 12.3. The Bertz CT molecular complexity index is 1040. The predicted molar refractivity (Wildman–Crippen MR) is 140 cm³/mol. The van der Waals surface area contributed by atoms with Crippen molar-refractivity contribution in [2.45, 2.75) is 75.3 Å². The molecule has 0 radical (unpaired) electrons. The summed E-state index contributed by atoms with van der Waals surface area (Å²) in [7, 11) is 0. The molecule has 0 bridgehead atoms. The maximum absolute atomic E-state index is 13.0. The number of aliphatic carboxylic acids is 2. The van der Waals surface area contributed by atoms with Crippen LogP contribution < -0.4 is 32.7 Å². The number of hydrogen-bond acceptors (Lipinski definition) is 11. The molecule has 0 aliphatic rings. The summed E-state index contributed by atoms with van der Waals surface area (Å²) in [6.07, 6.45) is 0.837. The van der Waals surface area contributed by atoms with Crippen LogP contribution in [-0.2, 0) is 35.2 Å². The molecule has 230 valence electrons. The summed E-state index contributed by atoms with van der Waals surface area (Å²) in [6.45, 7) is 0.712. The molecule has 1 rings (SSSR count). The highest BCUT2D eigenvalue weighted by atomic mass is 16.4. The van der Waals surface area contributed by atoms with E-state index in [0.717, 1.165) is 6.92 Å². The van der Waals surface area contributed by atoms with E-state index in [4.69, 9.17) is 16.6 Å². The van der Waals surface area contributed by atoms with Gasteiger partial charge in [-0.3, -0.25) is 24.0 Å². The van der Waals surface area contributed by atoms with E-state index in [-0.39, 0.29) is 19.4 Å². The molecule has 0 aliphatic carbocycles. The SMILES string of the molecule is C[C@@H](O)[C@H](NC(=O)[C@H](CC(=O)O)NC(=O)[C@H](CCCCN)NC(=O)[C@@H](N)CO)C(=O)N[C@@H](Cc1cnc[nH]1)C(=O)O. The lowest BCUT2D eigenvalue weighted by Crippen LogP contribution is -2.61. The number of rotatable bonds is 19. The van der Waals surface area contributed by atoms with Gasteiger partial charge in [-0.25, -0.2) is 9.78 Å². The number of carbonyl (C=O) groups is 6. The minimum Gasteiger partial charge on any atom is -0.481 e. The fourth-order valence-corrected chi connectivity index (χ4v) is 3.52. The number of aromatic amines is 1. The fourth-order valence-electron chi connectivity index (χ4n) is 3.52. The summed E-state index contributed by atoms with van der Waals surface area (Å²) in [5.41, 5.74) is 11.3. The molecule has 18 heteroatoms. The first-order chi connectivity index (χ1) is 19.3. The third-order valence-corrected chi connectivity index (χ3v) is 5.78. The second-order valence-electron chi connectivity index (χ2n) is 9.20. The molecule has 0 aromatic carbocycles. The molecule has 0 saturated heterocycles. The molecular weight excluding hydrogens is 548 g/mol. The molecule has 0 spiro atoms. The van der Waals surface area contributed by atoms with Crippen molar-refractivity contribution in [3.05, 3.63) is 18.2 Å². The number of carboxylic acids is 2. The Balaban J connectivity index is 3.06. The molecule has 0 fully saturated rings. The molecule has 1 aromatic rings. The Morgan fingerprint density at radius 1 is 0.927 bits per heavy atom.